The van der Waals surface area contributed by atoms with Gasteiger partial charge in [0.1, 0.15) is 0 Å². The zero-order valence-electron chi connectivity index (χ0n) is 15.3. The molecule has 3 N–H and O–H groups in total. The van der Waals surface area contributed by atoms with Crippen LogP contribution in [0.2, 0.25) is 0 Å². The number of rotatable bonds is 8. The largest absolute Gasteiger partial charge is 0.377 e. The quantitative estimate of drug-likeness (QED) is 0.396. The van der Waals surface area contributed by atoms with Crippen molar-refractivity contribution in [1.29, 1.82) is 0 Å². The summed E-state index contributed by atoms with van der Waals surface area (Å²) in [6, 6.07) is 8.44. The van der Waals surface area contributed by atoms with Gasteiger partial charge in [-0.05, 0) is 45.2 Å². The molecule has 0 bridgehead atoms. The number of aliphatic imine (C=N–C) groups is 1. The van der Waals surface area contributed by atoms with Crippen molar-refractivity contribution in [3.63, 3.8) is 0 Å². The van der Waals surface area contributed by atoms with Gasteiger partial charge >= 0.3 is 0 Å². The van der Waals surface area contributed by atoms with Gasteiger partial charge in [-0.3, -0.25) is 4.99 Å². The van der Waals surface area contributed by atoms with E-state index >= 15 is 0 Å². The van der Waals surface area contributed by atoms with Crippen molar-refractivity contribution in [2.75, 3.05) is 26.7 Å². The SMILES string of the molecule is CCNC(=NCC(C)(C)OC)NCCCc1c[nH]c2ccccc12. The van der Waals surface area contributed by atoms with Gasteiger partial charge in [0.25, 0.3) is 0 Å². The summed E-state index contributed by atoms with van der Waals surface area (Å²) >= 11 is 0. The molecule has 1 aromatic heterocycles. The summed E-state index contributed by atoms with van der Waals surface area (Å²) in [5.41, 5.74) is 2.33. The van der Waals surface area contributed by atoms with Crippen LogP contribution in [0.15, 0.2) is 35.5 Å². The molecule has 0 radical (unpaired) electrons. The number of aromatic nitrogens is 1. The molecule has 0 amide bonds. The molecule has 24 heavy (non-hydrogen) atoms. The van der Waals surface area contributed by atoms with E-state index in [-0.39, 0.29) is 5.60 Å². The van der Waals surface area contributed by atoms with Gasteiger partial charge < -0.3 is 20.4 Å². The Labute approximate surface area is 144 Å². The van der Waals surface area contributed by atoms with Gasteiger partial charge in [0, 0.05) is 37.3 Å². The van der Waals surface area contributed by atoms with Crippen LogP contribution in [0.25, 0.3) is 10.9 Å². The molecule has 0 saturated heterocycles. The monoisotopic (exact) mass is 330 g/mol. The molecule has 0 saturated carbocycles. The van der Waals surface area contributed by atoms with Crippen molar-refractivity contribution >= 4 is 16.9 Å². The highest BCUT2D eigenvalue weighted by molar-refractivity contribution is 5.83. The van der Waals surface area contributed by atoms with Crippen LogP contribution in [-0.4, -0.2) is 43.3 Å². The Kier molecular flexibility index (Phi) is 6.67. The highest BCUT2D eigenvalue weighted by atomic mass is 16.5. The maximum Gasteiger partial charge on any atom is 0.191 e. The smallest absolute Gasteiger partial charge is 0.191 e. The van der Waals surface area contributed by atoms with E-state index in [1.807, 2.05) is 13.8 Å². The minimum atomic E-state index is -0.244. The molecular weight excluding hydrogens is 300 g/mol. The molecule has 0 fully saturated rings. The van der Waals surface area contributed by atoms with Crippen LogP contribution in [0.3, 0.4) is 0 Å². The Balaban J connectivity index is 1.83. The van der Waals surface area contributed by atoms with Gasteiger partial charge in [0.2, 0.25) is 0 Å². The fourth-order valence-corrected chi connectivity index (χ4v) is 2.50. The summed E-state index contributed by atoms with van der Waals surface area (Å²) in [5.74, 6) is 0.849. The lowest BCUT2D eigenvalue weighted by atomic mass is 10.1. The summed E-state index contributed by atoms with van der Waals surface area (Å²) in [6.45, 7) is 8.51. The second-order valence-electron chi connectivity index (χ2n) is 6.55. The highest BCUT2D eigenvalue weighted by Crippen LogP contribution is 2.18. The highest BCUT2D eigenvalue weighted by Gasteiger charge is 2.15. The summed E-state index contributed by atoms with van der Waals surface area (Å²) < 4.78 is 5.42. The average molecular weight is 330 g/mol. The number of hydrogen-bond acceptors (Lipinski definition) is 2. The minimum Gasteiger partial charge on any atom is -0.377 e. The Morgan fingerprint density at radius 3 is 2.79 bits per heavy atom. The molecule has 0 spiro atoms. The lowest BCUT2D eigenvalue weighted by Crippen LogP contribution is -2.39. The average Bonchev–Trinajstić information content (AvgIpc) is 3.00. The van der Waals surface area contributed by atoms with Gasteiger partial charge in [0.15, 0.2) is 5.96 Å². The lowest BCUT2D eigenvalue weighted by molar-refractivity contribution is 0.0310. The lowest BCUT2D eigenvalue weighted by Gasteiger charge is -2.21. The number of hydrogen-bond donors (Lipinski definition) is 3. The molecule has 0 unspecified atom stereocenters. The van der Waals surface area contributed by atoms with Crippen LogP contribution in [-0.2, 0) is 11.2 Å². The van der Waals surface area contributed by atoms with Gasteiger partial charge in [0.05, 0.1) is 12.1 Å². The Hall–Kier alpha value is -2.01. The third-order valence-electron chi connectivity index (χ3n) is 4.11. The van der Waals surface area contributed by atoms with Crippen LogP contribution in [0.1, 0.15) is 32.8 Å². The first-order valence-electron chi connectivity index (χ1n) is 8.68. The molecule has 0 atom stereocenters. The van der Waals surface area contributed by atoms with E-state index in [2.05, 4.69) is 58.0 Å². The fraction of sp³-hybridized carbons (Fsp3) is 0.526. The summed E-state index contributed by atoms with van der Waals surface area (Å²) in [6.07, 6.45) is 4.21. The van der Waals surface area contributed by atoms with Crippen molar-refractivity contribution in [1.82, 2.24) is 15.6 Å². The van der Waals surface area contributed by atoms with Gasteiger partial charge in [-0.2, -0.15) is 0 Å². The Bertz CT molecular complexity index is 660. The van der Waals surface area contributed by atoms with E-state index in [0.29, 0.717) is 6.54 Å². The number of nitrogens with zero attached hydrogens (tertiary/aromatic N) is 1. The first-order valence-corrected chi connectivity index (χ1v) is 8.68. The predicted octanol–water partition coefficient (Wildman–Crippen LogP) is 3.08. The number of fused-ring (bicyclic) bond motifs is 1. The van der Waals surface area contributed by atoms with Crippen LogP contribution < -0.4 is 10.6 Å². The van der Waals surface area contributed by atoms with E-state index in [9.17, 15) is 0 Å². The predicted molar refractivity (Wildman–Crippen MR) is 102 cm³/mol. The van der Waals surface area contributed by atoms with Gasteiger partial charge in [-0.1, -0.05) is 18.2 Å². The standard InChI is InChI=1S/C19H30N4O/c1-5-20-18(23-14-19(2,3)24-4)21-12-8-9-15-13-22-17-11-7-6-10-16(15)17/h6-7,10-11,13,22H,5,8-9,12,14H2,1-4H3,(H2,20,21,23). The molecule has 0 aliphatic rings. The molecule has 2 aromatic rings. The Morgan fingerprint density at radius 2 is 2.04 bits per heavy atom. The molecule has 132 valence electrons. The van der Waals surface area contributed by atoms with E-state index in [4.69, 9.17) is 4.74 Å². The summed E-state index contributed by atoms with van der Waals surface area (Å²) in [7, 11) is 1.72. The molecule has 0 aliphatic heterocycles. The number of guanidine groups is 1. The van der Waals surface area contributed by atoms with E-state index in [1.54, 1.807) is 7.11 Å². The maximum absolute atomic E-state index is 5.42. The van der Waals surface area contributed by atoms with Crippen molar-refractivity contribution in [3.05, 3.63) is 36.0 Å². The number of benzene rings is 1. The number of H-pyrrole nitrogens is 1. The van der Waals surface area contributed by atoms with Crippen LogP contribution in [0, 0.1) is 0 Å². The molecule has 5 heteroatoms. The molecule has 0 aliphatic carbocycles. The van der Waals surface area contributed by atoms with Crippen LogP contribution >= 0.6 is 0 Å². The second kappa shape index (κ2) is 8.73. The normalized spacial score (nSPS) is 12.6. The van der Waals surface area contributed by atoms with Crippen molar-refractivity contribution in [3.8, 4) is 0 Å². The number of ether oxygens (including phenoxy) is 1. The van der Waals surface area contributed by atoms with Crippen LogP contribution in [0.5, 0.6) is 0 Å². The van der Waals surface area contributed by atoms with E-state index in [0.717, 1.165) is 31.9 Å². The summed E-state index contributed by atoms with van der Waals surface area (Å²) in [4.78, 5) is 7.93. The first-order chi connectivity index (χ1) is 11.6. The number of aromatic amines is 1. The van der Waals surface area contributed by atoms with Crippen molar-refractivity contribution in [2.24, 2.45) is 4.99 Å². The third-order valence-corrected chi connectivity index (χ3v) is 4.11. The number of nitrogens with one attached hydrogen (secondary N) is 3. The number of para-hydroxylation sites is 1. The summed E-state index contributed by atoms with van der Waals surface area (Å²) in [5, 5.41) is 8.00. The second-order valence-corrected chi connectivity index (χ2v) is 6.55. The molecule has 1 aromatic carbocycles. The maximum atomic E-state index is 5.42. The molecule has 1 heterocycles. The van der Waals surface area contributed by atoms with Crippen molar-refractivity contribution in [2.45, 2.75) is 39.2 Å². The molecule has 5 nitrogen and oxygen atoms in total. The van der Waals surface area contributed by atoms with E-state index in [1.165, 1.54) is 16.5 Å². The van der Waals surface area contributed by atoms with Crippen molar-refractivity contribution < 1.29 is 4.74 Å². The minimum absolute atomic E-state index is 0.244. The number of methoxy groups -OCH3 is 1. The zero-order chi connectivity index (χ0) is 17.4. The van der Waals surface area contributed by atoms with Gasteiger partial charge in [-0.25, -0.2) is 0 Å². The Morgan fingerprint density at radius 1 is 1.25 bits per heavy atom. The van der Waals surface area contributed by atoms with Gasteiger partial charge in [-0.15, -0.1) is 0 Å². The van der Waals surface area contributed by atoms with Crippen LogP contribution in [0.4, 0.5) is 0 Å². The third kappa shape index (κ3) is 5.27. The van der Waals surface area contributed by atoms with E-state index < -0.39 is 0 Å². The molecule has 2 rings (SSSR count). The zero-order valence-corrected chi connectivity index (χ0v) is 15.3. The first kappa shape index (κ1) is 18.3. The molecular formula is C19H30N4O. The number of aryl methyl sites for hydroxylation is 1. The fourth-order valence-electron chi connectivity index (χ4n) is 2.50. The topological polar surface area (TPSA) is 61.4 Å².